The molecule has 0 radical (unpaired) electrons. The SMILES string of the molecule is Cc1cc(-c2ccc(-c3ccccc3)cc2)nn1CCOc1ccc(CCC(=O)O)c(CNC(=O)c2ccccn2)c1. The zero-order chi connectivity index (χ0) is 29.3. The Bertz CT molecular complexity index is 1650. The molecule has 5 aromatic rings. The second kappa shape index (κ2) is 13.4. The first-order chi connectivity index (χ1) is 20.5. The van der Waals surface area contributed by atoms with Gasteiger partial charge in [0.2, 0.25) is 0 Å². The van der Waals surface area contributed by atoms with Gasteiger partial charge in [0.25, 0.3) is 5.91 Å². The Morgan fingerprint density at radius 1 is 0.857 bits per heavy atom. The molecule has 0 spiro atoms. The van der Waals surface area contributed by atoms with E-state index in [2.05, 4.69) is 52.8 Å². The van der Waals surface area contributed by atoms with Gasteiger partial charge in [0.15, 0.2) is 0 Å². The number of nitrogens with one attached hydrogen (secondary N) is 1. The van der Waals surface area contributed by atoms with E-state index in [9.17, 15) is 9.59 Å². The summed E-state index contributed by atoms with van der Waals surface area (Å²) >= 11 is 0. The van der Waals surface area contributed by atoms with Crippen molar-refractivity contribution in [3.8, 4) is 28.1 Å². The van der Waals surface area contributed by atoms with Crippen LogP contribution < -0.4 is 10.1 Å². The summed E-state index contributed by atoms with van der Waals surface area (Å²) in [4.78, 5) is 27.8. The van der Waals surface area contributed by atoms with E-state index in [4.69, 9.17) is 14.9 Å². The first-order valence-electron chi connectivity index (χ1n) is 13.8. The van der Waals surface area contributed by atoms with Crippen molar-refractivity contribution in [1.29, 1.82) is 0 Å². The van der Waals surface area contributed by atoms with E-state index >= 15 is 0 Å². The number of carboxylic acids is 1. The van der Waals surface area contributed by atoms with Crippen LogP contribution in [-0.2, 0) is 24.3 Å². The molecule has 0 saturated heterocycles. The van der Waals surface area contributed by atoms with Crippen molar-refractivity contribution in [2.45, 2.75) is 32.9 Å². The van der Waals surface area contributed by atoms with Gasteiger partial charge in [-0.25, -0.2) is 0 Å². The molecular formula is C34H32N4O4. The first kappa shape index (κ1) is 28.3. The molecule has 0 aliphatic heterocycles. The summed E-state index contributed by atoms with van der Waals surface area (Å²) in [6.45, 7) is 3.20. The van der Waals surface area contributed by atoms with Gasteiger partial charge in [0.1, 0.15) is 18.1 Å². The van der Waals surface area contributed by atoms with Gasteiger partial charge in [-0.1, -0.05) is 66.7 Å². The van der Waals surface area contributed by atoms with Gasteiger partial charge in [-0.3, -0.25) is 19.3 Å². The lowest BCUT2D eigenvalue weighted by Gasteiger charge is -2.14. The molecule has 0 saturated carbocycles. The summed E-state index contributed by atoms with van der Waals surface area (Å²) in [7, 11) is 0. The molecule has 1 amide bonds. The van der Waals surface area contributed by atoms with Crippen molar-refractivity contribution >= 4 is 11.9 Å². The van der Waals surface area contributed by atoms with Crippen LogP contribution in [0, 0.1) is 6.92 Å². The maximum absolute atomic E-state index is 12.5. The van der Waals surface area contributed by atoms with Crippen LogP contribution in [0.25, 0.3) is 22.4 Å². The highest BCUT2D eigenvalue weighted by molar-refractivity contribution is 5.92. The minimum atomic E-state index is -0.875. The Labute approximate surface area is 244 Å². The number of benzene rings is 3. The summed E-state index contributed by atoms with van der Waals surface area (Å²) in [5, 5.41) is 16.8. The maximum Gasteiger partial charge on any atom is 0.303 e. The predicted octanol–water partition coefficient (Wildman–Crippen LogP) is 5.95. The van der Waals surface area contributed by atoms with Gasteiger partial charge in [-0.2, -0.15) is 5.10 Å². The Balaban J connectivity index is 1.22. The number of nitrogens with zero attached hydrogens (tertiary/aromatic N) is 3. The topological polar surface area (TPSA) is 106 Å². The van der Waals surface area contributed by atoms with Crippen molar-refractivity contribution in [2.24, 2.45) is 0 Å². The fraction of sp³-hybridized carbons (Fsp3) is 0.176. The lowest BCUT2D eigenvalue weighted by atomic mass is 10.0. The molecule has 8 nitrogen and oxygen atoms in total. The summed E-state index contributed by atoms with van der Waals surface area (Å²) in [5.41, 5.74) is 7.28. The average Bonchev–Trinajstić information content (AvgIpc) is 3.40. The second-order valence-corrected chi connectivity index (χ2v) is 9.91. The Morgan fingerprint density at radius 3 is 2.33 bits per heavy atom. The number of carboxylic acid groups (broad SMARTS) is 1. The number of aryl methyl sites for hydroxylation is 2. The molecule has 0 unspecified atom stereocenters. The highest BCUT2D eigenvalue weighted by Crippen LogP contribution is 2.25. The van der Waals surface area contributed by atoms with Gasteiger partial charge in [-0.15, -0.1) is 0 Å². The summed E-state index contributed by atoms with van der Waals surface area (Å²) in [6.07, 6.45) is 1.91. The molecule has 0 fully saturated rings. The third kappa shape index (κ3) is 7.28. The smallest absolute Gasteiger partial charge is 0.303 e. The third-order valence-electron chi connectivity index (χ3n) is 6.96. The van der Waals surface area contributed by atoms with Gasteiger partial charge >= 0.3 is 5.97 Å². The number of amides is 1. The zero-order valence-electron chi connectivity index (χ0n) is 23.4. The zero-order valence-corrected chi connectivity index (χ0v) is 23.4. The van der Waals surface area contributed by atoms with E-state index in [1.807, 2.05) is 48.0 Å². The minimum Gasteiger partial charge on any atom is -0.492 e. The number of rotatable bonds is 12. The number of pyridine rings is 1. The molecular weight excluding hydrogens is 528 g/mol. The number of carbonyl (C=O) groups is 2. The normalized spacial score (nSPS) is 10.8. The van der Waals surface area contributed by atoms with E-state index in [1.54, 1.807) is 24.4 Å². The third-order valence-corrected chi connectivity index (χ3v) is 6.96. The standard InChI is InChI=1S/C34H32N4O4/c1-24-21-32(28-12-10-26(11-13-28)25-7-3-2-4-8-25)37-38(24)19-20-42-30-16-14-27(15-17-33(39)40)29(22-30)23-36-34(41)31-9-5-6-18-35-31/h2-14,16,18,21-22H,15,17,19-20,23H2,1H3,(H,36,41)(H,39,40). The Hall–Kier alpha value is -5.24. The number of carbonyl (C=O) groups excluding carboxylic acids is 1. The molecule has 212 valence electrons. The number of aromatic nitrogens is 3. The van der Waals surface area contributed by atoms with Crippen LogP contribution in [0.4, 0.5) is 0 Å². The average molecular weight is 561 g/mol. The predicted molar refractivity (Wildman–Crippen MR) is 161 cm³/mol. The van der Waals surface area contributed by atoms with E-state index in [0.717, 1.165) is 33.6 Å². The molecule has 8 heteroatoms. The van der Waals surface area contributed by atoms with Crippen LogP contribution in [0.1, 0.15) is 33.7 Å². The molecule has 0 aliphatic rings. The first-order valence-corrected chi connectivity index (χ1v) is 13.8. The van der Waals surface area contributed by atoms with Crippen molar-refractivity contribution in [3.05, 3.63) is 126 Å². The van der Waals surface area contributed by atoms with Crippen molar-refractivity contribution in [1.82, 2.24) is 20.1 Å². The molecule has 5 rings (SSSR count). The van der Waals surface area contributed by atoms with Crippen LogP contribution in [0.2, 0.25) is 0 Å². The Kier molecular flexibility index (Phi) is 9.03. The van der Waals surface area contributed by atoms with Crippen molar-refractivity contribution in [3.63, 3.8) is 0 Å². The molecule has 42 heavy (non-hydrogen) atoms. The van der Waals surface area contributed by atoms with Crippen LogP contribution in [0.5, 0.6) is 5.75 Å². The van der Waals surface area contributed by atoms with Crippen molar-refractivity contribution in [2.75, 3.05) is 6.61 Å². The Morgan fingerprint density at radius 2 is 1.60 bits per heavy atom. The maximum atomic E-state index is 12.5. The second-order valence-electron chi connectivity index (χ2n) is 9.91. The highest BCUT2D eigenvalue weighted by Gasteiger charge is 2.12. The van der Waals surface area contributed by atoms with E-state index in [1.165, 1.54) is 5.56 Å². The van der Waals surface area contributed by atoms with Gasteiger partial charge in [-0.05, 0) is 65.9 Å². The van der Waals surface area contributed by atoms with Crippen LogP contribution in [0.15, 0.2) is 103 Å². The molecule has 0 aliphatic carbocycles. The monoisotopic (exact) mass is 560 g/mol. The van der Waals surface area contributed by atoms with E-state index in [0.29, 0.717) is 31.0 Å². The summed E-state index contributed by atoms with van der Waals surface area (Å²) in [5.74, 6) is -0.539. The highest BCUT2D eigenvalue weighted by atomic mass is 16.5. The van der Waals surface area contributed by atoms with E-state index < -0.39 is 5.97 Å². The fourth-order valence-electron chi connectivity index (χ4n) is 4.70. The molecule has 0 atom stereocenters. The van der Waals surface area contributed by atoms with Gasteiger partial charge in [0, 0.05) is 30.4 Å². The van der Waals surface area contributed by atoms with Gasteiger partial charge < -0.3 is 15.2 Å². The van der Waals surface area contributed by atoms with Gasteiger partial charge in [0.05, 0.1) is 12.2 Å². The quantitative estimate of drug-likeness (QED) is 0.195. The largest absolute Gasteiger partial charge is 0.492 e. The number of aliphatic carboxylic acids is 1. The van der Waals surface area contributed by atoms with Crippen LogP contribution >= 0.6 is 0 Å². The fourth-order valence-corrected chi connectivity index (χ4v) is 4.70. The lowest BCUT2D eigenvalue weighted by molar-refractivity contribution is -0.136. The van der Waals surface area contributed by atoms with Crippen LogP contribution in [-0.4, -0.2) is 38.4 Å². The van der Waals surface area contributed by atoms with E-state index in [-0.39, 0.29) is 18.9 Å². The lowest BCUT2D eigenvalue weighted by Crippen LogP contribution is -2.24. The molecule has 2 aromatic heterocycles. The number of hydrogen-bond acceptors (Lipinski definition) is 5. The summed E-state index contributed by atoms with van der Waals surface area (Å²) < 4.78 is 7.98. The summed E-state index contributed by atoms with van der Waals surface area (Å²) in [6, 6.07) is 31.4. The van der Waals surface area contributed by atoms with Crippen LogP contribution in [0.3, 0.4) is 0 Å². The minimum absolute atomic E-state index is 0.00270. The molecule has 2 N–H and O–H groups in total. The molecule has 0 bridgehead atoms. The number of ether oxygens (including phenoxy) is 1. The number of hydrogen-bond donors (Lipinski definition) is 2. The molecule has 3 aromatic carbocycles. The molecule has 2 heterocycles. The van der Waals surface area contributed by atoms with Crippen molar-refractivity contribution < 1.29 is 19.4 Å².